The van der Waals surface area contributed by atoms with Crippen LogP contribution in [0.3, 0.4) is 0 Å². The molecular weight excluding hydrogens is 290 g/mol. The van der Waals surface area contributed by atoms with Gasteiger partial charge in [-0.3, -0.25) is 4.79 Å². The van der Waals surface area contributed by atoms with Gasteiger partial charge in [0.2, 0.25) is 5.91 Å². The summed E-state index contributed by atoms with van der Waals surface area (Å²) in [5.74, 6) is 0.918. The lowest BCUT2D eigenvalue weighted by molar-refractivity contribution is -0.115. The number of benzene rings is 2. The Hall–Kier alpha value is -1.74. The monoisotopic (exact) mass is 313 g/mol. The number of anilines is 1. The van der Waals surface area contributed by atoms with E-state index in [1.165, 1.54) is 11.1 Å². The van der Waals surface area contributed by atoms with E-state index in [2.05, 4.69) is 30.4 Å². The highest BCUT2D eigenvalue weighted by atomic mass is 32.2. The van der Waals surface area contributed by atoms with Crippen LogP contribution in [0, 0.1) is 20.8 Å². The van der Waals surface area contributed by atoms with Crippen molar-refractivity contribution in [1.82, 2.24) is 0 Å². The molecule has 2 rings (SSSR count). The van der Waals surface area contributed by atoms with E-state index in [1.54, 1.807) is 11.8 Å². The average Bonchev–Trinajstić information content (AvgIpc) is 2.49. The number of hydrogen-bond donors (Lipinski definition) is 1. The minimum Gasteiger partial charge on any atom is -0.325 e. The first kappa shape index (κ1) is 16.6. The van der Waals surface area contributed by atoms with Crippen LogP contribution in [0.2, 0.25) is 0 Å². The number of amides is 1. The number of hydrogen-bond acceptors (Lipinski definition) is 2. The van der Waals surface area contributed by atoms with E-state index in [4.69, 9.17) is 0 Å². The smallest absolute Gasteiger partial charge is 0.237 e. The molecule has 0 bridgehead atoms. The predicted octanol–water partition coefficient (Wildman–Crippen LogP) is 4.87. The third-order valence-corrected chi connectivity index (χ3v) is 4.96. The van der Waals surface area contributed by atoms with Gasteiger partial charge >= 0.3 is 0 Å². The molecule has 0 aliphatic rings. The summed E-state index contributed by atoms with van der Waals surface area (Å²) in [6.07, 6.45) is 0. The molecule has 0 saturated heterocycles. The first-order chi connectivity index (χ1) is 10.5. The van der Waals surface area contributed by atoms with Gasteiger partial charge in [-0.15, -0.1) is 11.8 Å². The summed E-state index contributed by atoms with van der Waals surface area (Å²) in [7, 11) is 0. The Bertz CT molecular complexity index is 666. The zero-order chi connectivity index (χ0) is 16.1. The molecule has 0 aliphatic heterocycles. The van der Waals surface area contributed by atoms with E-state index in [-0.39, 0.29) is 11.2 Å². The molecule has 1 unspecified atom stereocenters. The quantitative estimate of drug-likeness (QED) is 0.853. The zero-order valence-corrected chi connectivity index (χ0v) is 14.5. The highest BCUT2D eigenvalue weighted by Gasteiger charge is 2.15. The lowest BCUT2D eigenvalue weighted by atomic mass is 10.1. The highest BCUT2D eigenvalue weighted by Crippen LogP contribution is 2.22. The van der Waals surface area contributed by atoms with Crippen molar-refractivity contribution >= 4 is 23.4 Å². The molecule has 0 aliphatic carbocycles. The number of carbonyl (C=O) groups is 1. The molecule has 0 heterocycles. The maximum Gasteiger partial charge on any atom is 0.237 e. The lowest BCUT2D eigenvalue weighted by Gasteiger charge is -2.14. The van der Waals surface area contributed by atoms with E-state index >= 15 is 0 Å². The molecule has 0 spiro atoms. The molecule has 1 N–H and O–H groups in total. The first-order valence-corrected chi connectivity index (χ1v) is 8.56. The van der Waals surface area contributed by atoms with E-state index < -0.39 is 0 Å². The van der Waals surface area contributed by atoms with Crippen molar-refractivity contribution in [2.24, 2.45) is 0 Å². The van der Waals surface area contributed by atoms with Gasteiger partial charge in [-0.1, -0.05) is 36.4 Å². The third-order valence-electron chi connectivity index (χ3n) is 3.77. The lowest BCUT2D eigenvalue weighted by Crippen LogP contribution is -2.23. The molecule has 3 heteroatoms. The molecule has 2 aromatic rings. The summed E-state index contributed by atoms with van der Waals surface area (Å²) in [5.41, 5.74) is 5.72. The Morgan fingerprint density at radius 3 is 2.55 bits per heavy atom. The standard InChI is InChI=1S/C19H23NOS/c1-13-9-10-15(3)18(11-13)20-19(21)16(4)22-12-17-8-6-5-7-14(17)2/h5-11,16H,12H2,1-4H3,(H,20,21). The van der Waals surface area contributed by atoms with Crippen molar-refractivity contribution in [1.29, 1.82) is 0 Å². The molecular formula is C19H23NOS. The summed E-state index contributed by atoms with van der Waals surface area (Å²) in [6, 6.07) is 14.4. The molecule has 2 aromatic carbocycles. The van der Waals surface area contributed by atoms with Crippen molar-refractivity contribution in [3.63, 3.8) is 0 Å². The van der Waals surface area contributed by atoms with Crippen molar-refractivity contribution < 1.29 is 4.79 Å². The van der Waals surface area contributed by atoms with Gasteiger partial charge in [0.1, 0.15) is 0 Å². The molecule has 2 nitrogen and oxygen atoms in total. The Morgan fingerprint density at radius 2 is 1.82 bits per heavy atom. The summed E-state index contributed by atoms with van der Waals surface area (Å²) < 4.78 is 0. The molecule has 116 valence electrons. The van der Waals surface area contributed by atoms with Gasteiger partial charge in [0.05, 0.1) is 5.25 Å². The van der Waals surface area contributed by atoms with Crippen LogP contribution in [0.5, 0.6) is 0 Å². The van der Waals surface area contributed by atoms with Gasteiger partial charge in [-0.2, -0.15) is 0 Å². The first-order valence-electron chi connectivity index (χ1n) is 7.51. The van der Waals surface area contributed by atoms with Crippen LogP contribution in [0.4, 0.5) is 5.69 Å². The van der Waals surface area contributed by atoms with E-state index in [1.807, 2.05) is 45.0 Å². The summed E-state index contributed by atoms with van der Waals surface area (Å²) in [6.45, 7) is 8.12. The Balaban J connectivity index is 1.95. The highest BCUT2D eigenvalue weighted by molar-refractivity contribution is 7.99. The van der Waals surface area contributed by atoms with Gasteiger partial charge in [0.15, 0.2) is 0 Å². The van der Waals surface area contributed by atoms with Gasteiger partial charge in [0.25, 0.3) is 0 Å². The Kier molecular flexibility index (Phi) is 5.67. The topological polar surface area (TPSA) is 29.1 Å². The fraction of sp³-hybridized carbons (Fsp3) is 0.316. The minimum atomic E-state index is -0.0838. The molecule has 1 amide bonds. The Morgan fingerprint density at radius 1 is 1.09 bits per heavy atom. The van der Waals surface area contributed by atoms with Crippen LogP contribution < -0.4 is 5.32 Å². The predicted molar refractivity (Wildman–Crippen MR) is 96.5 cm³/mol. The number of nitrogens with one attached hydrogen (secondary N) is 1. The van der Waals surface area contributed by atoms with Crippen molar-refractivity contribution in [2.75, 3.05) is 5.32 Å². The number of aryl methyl sites for hydroxylation is 3. The molecule has 1 atom stereocenters. The van der Waals surface area contributed by atoms with Gasteiger partial charge in [-0.25, -0.2) is 0 Å². The normalized spacial score (nSPS) is 12.0. The molecule has 22 heavy (non-hydrogen) atoms. The maximum atomic E-state index is 12.4. The molecule has 0 radical (unpaired) electrons. The average molecular weight is 313 g/mol. The fourth-order valence-electron chi connectivity index (χ4n) is 2.17. The second kappa shape index (κ2) is 7.50. The maximum absolute atomic E-state index is 12.4. The fourth-order valence-corrected chi connectivity index (χ4v) is 3.13. The molecule has 0 saturated carbocycles. The van der Waals surface area contributed by atoms with Crippen LogP contribution >= 0.6 is 11.8 Å². The van der Waals surface area contributed by atoms with E-state index in [0.717, 1.165) is 22.6 Å². The summed E-state index contributed by atoms with van der Waals surface area (Å²) >= 11 is 1.67. The van der Waals surface area contributed by atoms with E-state index in [0.29, 0.717) is 0 Å². The third kappa shape index (κ3) is 4.38. The zero-order valence-electron chi connectivity index (χ0n) is 13.6. The summed E-state index contributed by atoms with van der Waals surface area (Å²) in [5, 5.41) is 2.96. The number of thioether (sulfide) groups is 1. The van der Waals surface area contributed by atoms with Crippen LogP contribution in [0.1, 0.15) is 29.2 Å². The Labute approximate surface area is 137 Å². The number of carbonyl (C=O) groups excluding carboxylic acids is 1. The second-order valence-corrected chi connectivity index (χ2v) is 7.02. The van der Waals surface area contributed by atoms with Crippen LogP contribution in [-0.2, 0) is 10.5 Å². The van der Waals surface area contributed by atoms with Crippen molar-refractivity contribution in [3.05, 3.63) is 64.7 Å². The van der Waals surface area contributed by atoms with Crippen LogP contribution in [-0.4, -0.2) is 11.2 Å². The second-order valence-electron chi connectivity index (χ2n) is 5.69. The molecule has 0 fully saturated rings. The van der Waals surface area contributed by atoms with Gasteiger partial charge in [0, 0.05) is 11.4 Å². The van der Waals surface area contributed by atoms with Gasteiger partial charge in [-0.05, 0) is 56.0 Å². The van der Waals surface area contributed by atoms with Crippen molar-refractivity contribution in [3.8, 4) is 0 Å². The van der Waals surface area contributed by atoms with Crippen LogP contribution in [0.15, 0.2) is 42.5 Å². The number of rotatable bonds is 5. The van der Waals surface area contributed by atoms with Crippen molar-refractivity contribution in [2.45, 2.75) is 38.7 Å². The molecule has 0 aromatic heterocycles. The summed E-state index contributed by atoms with van der Waals surface area (Å²) in [4.78, 5) is 12.4. The van der Waals surface area contributed by atoms with Crippen LogP contribution in [0.25, 0.3) is 0 Å². The van der Waals surface area contributed by atoms with Gasteiger partial charge < -0.3 is 5.32 Å². The van der Waals surface area contributed by atoms with E-state index in [9.17, 15) is 4.79 Å². The largest absolute Gasteiger partial charge is 0.325 e. The minimum absolute atomic E-state index is 0.0623. The SMILES string of the molecule is Cc1ccc(C)c(NC(=O)C(C)SCc2ccccc2C)c1.